The van der Waals surface area contributed by atoms with Crippen LogP contribution in [0.3, 0.4) is 0 Å². The number of carbonyl (C=O) groups is 1. The Kier molecular flexibility index (Phi) is 7.90. The smallest absolute Gasteiger partial charge is 0.255 e. The molecule has 6 nitrogen and oxygen atoms in total. The first-order chi connectivity index (χ1) is 13.1. The highest BCUT2D eigenvalue weighted by Crippen LogP contribution is 2.32. The number of hydrogen-bond acceptors (Lipinski definition) is 4. The number of imidazole rings is 1. The van der Waals surface area contributed by atoms with E-state index in [0.29, 0.717) is 30.4 Å². The molecule has 0 saturated heterocycles. The highest BCUT2D eigenvalue weighted by Gasteiger charge is 2.31. The lowest BCUT2D eigenvalue weighted by Crippen LogP contribution is -2.41. The van der Waals surface area contributed by atoms with Gasteiger partial charge in [-0.25, -0.2) is 4.98 Å². The molecular formula is C21H26Cl2N4O2. The van der Waals surface area contributed by atoms with Crippen molar-refractivity contribution in [3.8, 4) is 5.75 Å². The van der Waals surface area contributed by atoms with Gasteiger partial charge in [0, 0.05) is 25.0 Å². The molecule has 1 saturated carbocycles. The first kappa shape index (κ1) is 23.0. The summed E-state index contributed by atoms with van der Waals surface area (Å²) in [4.78, 5) is 17.2. The number of benzene rings is 1. The number of aryl methyl sites for hydroxylation is 1. The third kappa shape index (κ3) is 5.41. The predicted molar refractivity (Wildman–Crippen MR) is 118 cm³/mol. The predicted octanol–water partition coefficient (Wildman–Crippen LogP) is 3.53. The molecule has 29 heavy (non-hydrogen) atoms. The van der Waals surface area contributed by atoms with Crippen molar-refractivity contribution in [2.75, 3.05) is 6.54 Å². The molecule has 0 radical (unpaired) electrons. The molecule has 2 heterocycles. The highest BCUT2D eigenvalue weighted by atomic mass is 35.5. The number of para-hydroxylation sites is 1. The van der Waals surface area contributed by atoms with E-state index in [1.165, 1.54) is 5.56 Å². The van der Waals surface area contributed by atoms with E-state index in [2.05, 4.69) is 10.3 Å². The third-order valence-electron chi connectivity index (χ3n) is 4.92. The second kappa shape index (κ2) is 9.96. The number of carbonyl (C=O) groups excluding carboxylic acids is 1. The van der Waals surface area contributed by atoms with Crippen LogP contribution in [0.15, 0.2) is 48.8 Å². The molecule has 4 rings (SSSR count). The number of amides is 1. The molecule has 0 spiro atoms. The van der Waals surface area contributed by atoms with E-state index < -0.39 is 0 Å². The van der Waals surface area contributed by atoms with Crippen molar-refractivity contribution >= 4 is 36.4 Å². The van der Waals surface area contributed by atoms with Crippen LogP contribution in [0.25, 0.3) is 5.65 Å². The number of ether oxygens (including phenoxy) is 1. The van der Waals surface area contributed by atoms with Gasteiger partial charge in [-0.1, -0.05) is 18.2 Å². The van der Waals surface area contributed by atoms with Crippen molar-refractivity contribution < 1.29 is 9.53 Å². The molecule has 3 N–H and O–H groups in total. The van der Waals surface area contributed by atoms with Crippen LogP contribution in [-0.4, -0.2) is 27.9 Å². The molecule has 1 aliphatic rings. The van der Waals surface area contributed by atoms with Crippen molar-refractivity contribution in [2.24, 2.45) is 11.7 Å². The van der Waals surface area contributed by atoms with Crippen LogP contribution in [-0.2, 0) is 6.61 Å². The number of nitrogens with zero attached hydrogens (tertiary/aromatic N) is 2. The first-order valence-corrected chi connectivity index (χ1v) is 9.31. The maximum Gasteiger partial charge on any atom is 0.255 e. The summed E-state index contributed by atoms with van der Waals surface area (Å²) in [5.41, 5.74) is 9.18. The minimum atomic E-state index is -0.140. The zero-order chi connectivity index (χ0) is 18.8. The Morgan fingerprint density at radius 2 is 2.00 bits per heavy atom. The van der Waals surface area contributed by atoms with Gasteiger partial charge in [0.15, 0.2) is 0 Å². The fourth-order valence-corrected chi connectivity index (χ4v) is 3.27. The lowest BCUT2D eigenvalue weighted by atomic mass is 10.1. The van der Waals surface area contributed by atoms with Crippen molar-refractivity contribution in [3.63, 3.8) is 0 Å². The second-order valence-electron chi connectivity index (χ2n) is 7.14. The lowest BCUT2D eigenvalue weighted by molar-refractivity contribution is 0.0929. The van der Waals surface area contributed by atoms with Gasteiger partial charge in [0.2, 0.25) is 0 Å². The van der Waals surface area contributed by atoms with Crippen LogP contribution < -0.4 is 15.8 Å². The summed E-state index contributed by atoms with van der Waals surface area (Å²) in [6.07, 6.45) is 6.24. The largest absolute Gasteiger partial charge is 0.486 e. The molecule has 1 unspecified atom stereocenters. The van der Waals surface area contributed by atoms with Crippen molar-refractivity contribution in [2.45, 2.75) is 32.4 Å². The second-order valence-corrected chi connectivity index (χ2v) is 7.14. The number of nitrogens with one attached hydrogen (secondary N) is 1. The molecule has 2 aromatic heterocycles. The van der Waals surface area contributed by atoms with E-state index in [-0.39, 0.29) is 36.8 Å². The van der Waals surface area contributed by atoms with Gasteiger partial charge >= 0.3 is 0 Å². The molecule has 3 aromatic rings. The van der Waals surface area contributed by atoms with Gasteiger partial charge in [0.05, 0.1) is 11.3 Å². The SMILES string of the molecule is Cc1ccc2nc(COc3ccccc3C(=O)NC(CN)C3CC3)cn2c1.Cl.Cl. The number of aromatic nitrogens is 2. The minimum Gasteiger partial charge on any atom is -0.486 e. The monoisotopic (exact) mass is 436 g/mol. The summed E-state index contributed by atoms with van der Waals surface area (Å²) in [6, 6.07) is 11.3. The molecule has 0 aliphatic heterocycles. The fourth-order valence-electron chi connectivity index (χ4n) is 3.27. The summed E-state index contributed by atoms with van der Waals surface area (Å²) in [6.45, 7) is 2.80. The van der Waals surface area contributed by atoms with Gasteiger partial charge in [-0.05, 0) is 49.4 Å². The molecule has 1 atom stereocenters. The highest BCUT2D eigenvalue weighted by molar-refractivity contribution is 5.97. The van der Waals surface area contributed by atoms with E-state index in [1.54, 1.807) is 6.07 Å². The first-order valence-electron chi connectivity index (χ1n) is 9.31. The number of halogens is 2. The summed E-state index contributed by atoms with van der Waals surface area (Å²) < 4.78 is 7.91. The summed E-state index contributed by atoms with van der Waals surface area (Å²) in [5.74, 6) is 0.918. The van der Waals surface area contributed by atoms with Crippen LogP contribution in [0.1, 0.15) is 34.5 Å². The maximum absolute atomic E-state index is 12.7. The number of nitrogens with two attached hydrogens (primary N) is 1. The van der Waals surface area contributed by atoms with Gasteiger partial charge in [-0.15, -0.1) is 24.8 Å². The Morgan fingerprint density at radius 3 is 2.72 bits per heavy atom. The van der Waals surface area contributed by atoms with E-state index in [4.69, 9.17) is 10.5 Å². The molecular weight excluding hydrogens is 411 g/mol. The van der Waals surface area contributed by atoms with Gasteiger partial charge in [0.1, 0.15) is 18.0 Å². The van der Waals surface area contributed by atoms with Crippen LogP contribution >= 0.6 is 24.8 Å². The summed E-state index contributed by atoms with van der Waals surface area (Å²) in [5, 5.41) is 3.05. The van der Waals surface area contributed by atoms with Crippen molar-refractivity contribution in [3.05, 3.63) is 65.6 Å². The maximum atomic E-state index is 12.7. The van der Waals surface area contributed by atoms with E-state index >= 15 is 0 Å². The molecule has 156 valence electrons. The Bertz CT molecular complexity index is 972. The Morgan fingerprint density at radius 1 is 1.24 bits per heavy atom. The Labute approximate surface area is 182 Å². The Hall–Kier alpha value is -2.28. The molecule has 0 bridgehead atoms. The van der Waals surface area contributed by atoms with Gasteiger partial charge in [-0.3, -0.25) is 4.79 Å². The van der Waals surface area contributed by atoms with E-state index in [0.717, 1.165) is 24.2 Å². The average Bonchev–Trinajstić information content (AvgIpc) is 3.44. The summed E-state index contributed by atoms with van der Waals surface area (Å²) in [7, 11) is 0. The van der Waals surface area contributed by atoms with E-state index in [9.17, 15) is 4.79 Å². The molecule has 8 heteroatoms. The normalized spacial score (nSPS) is 13.9. The number of fused-ring (bicyclic) bond motifs is 1. The topological polar surface area (TPSA) is 81.6 Å². The van der Waals surface area contributed by atoms with Crippen LogP contribution in [0.5, 0.6) is 5.75 Å². The molecule has 1 aromatic carbocycles. The molecule has 1 fully saturated rings. The summed E-state index contributed by atoms with van der Waals surface area (Å²) >= 11 is 0. The fraction of sp³-hybridized carbons (Fsp3) is 0.333. The number of pyridine rings is 1. The van der Waals surface area contributed by atoms with Crippen LogP contribution in [0, 0.1) is 12.8 Å². The van der Waals surface area contributed by atoms with Crippen molar-refractivity contribution in [1.82, 2.24) is 14.7 Å². The van der Waals surface area contributed by atoms with Gasteiger partial charge in [-0.2, -0.15) is 0 Å². The number of rotatable bonds is 7. The molecule has 1 amide bonds. The number of hydrogen-bond donors (Lipinski definition) is 2. The zero-order valence-electron chi connectivity index (χ0n) is 16.2. The average molecular weight is 437 g/mol. The Balaban J connectivity index is 0.00000150. The van der Waals surface area contributed by atoms with Gasteiger partial charge < -0.3 is 20.2 Å². The van der Waals surface area contributed by atoms with Crippen LogP contribution in [0.2, 0.25) is 0 Å². The van der Waals surface area contributed by atoms with Crippen molar-refractivity contribution in [1.29, 1.82) is 0 Å². The van der Waals surface area contributed by atoms with Gasteiger partial charge in [0.25, 0.3) is 5.91 Å². The minimum absolute atomic E-state index is 0. The third-order valence-corrected chi connectivity index (χ3v) is 4.92. The lowest BCUT2D eigenvalue weighted by Gasteiger charge is -2.17. The van der Waals surface area contributed by atoms with Crippen LogP contribution in [0.4, 0.5) is 0 Å². The standard InChI is InChI=1S/C21H24N4O2.2ClH/c1-14-6-9-20-23-16(12-25(20)11-14)13-27-19-5-3-2-4-17(19)21(26)24-18(10-22)15-7-8-15;;/h2-6,9,11-12,15,18H,7-8,10,13,22H2,1H3,(H,24,26);2*1H. The quantitative estimate of drug-likeness (QED) is 0.593. The zero-order valence-corrected chi connectivity index (χ0v) is 17.8. The molecule has 1 aliphatic carbocycles. The van der Waals surface area contributed by atoms with E-state index in [1.807, 2.05) is 54.0 Å².